The second-order valence-electron chi connectivity index (χ2n) is 9.49. The number of anilines is 1. The Kier molecular flexibility index (Phi) is 8.48. The molecule has 1 fully saturated rings. The van der Waals surface area contributed by atoms with Crippen molar-refractivity contribution in [2.45, 2.75) is 43.7 Å². The van der Waals surface area contributed by atoms with Gasteiger partial charge in [0, 0.05) is 30.2 Å². The SMILES string of the molecule is COc1ccccc1C(=O)NC[C@]1(c2ccccc2)CC[C@H](NS(=O)(=O)NCc2ccc(N)cc2)CC1. The summed E-state index contributed by atoms with van der Waals surface area (Å²) in [6.07, 6.45) is 2.77. The Morgan fingerprint density at radius 3 is 2.30 bits per heavy atom. The highest BCUT2D eigenvalue weighted by Gasteiger charge is 2.38. The summed E-state index contributed by atoms with van der Waals surface area (Å²) in [6, 6.07) is 24.2. The molecule has 1 saturated carbocycles. The van der Waals surface area contributed by atoms with E-state index < -0.39 is 10.2 Å². The Bertz CT molecular complexity index is 1290. The standard InChI is InChI=1S/C28H34N4O4S/c1-36-26-10-6-5-9-25(26)27(33)30-20-28(22-7-3-2-4-8-22)17-15-24(16-18-28)32-37(34,35)31-19-21-11-13-23(29)14-12-21/h2-14,24,31-32H,15-20,29H2,1H3,(H,30,33)/t24-,28-. The number of amides is 1. The number of methoxy groups -OCH3 is 1. The van der Waals surface area contributed by atoms with Gasteiger partial charge in [0.25, 0.3) is 16.1 Å². The van der Waals surface area contributed by atoms with E-state index >= 15 is 0 Å². The molecule has 3 aromatic rings. The fourth-order valence-electron chi connectivity index (χ4n) is 4.90. The minimum absolute atomic E-state index is 0.186. The molecule has 0 spiro atoms. The fourth-order valence-corrected chi connectivity index (χ4v) is 6.01. The van der Waals surface area contributed by atoms with Gasteiger partial charge >= 0.3 is 0 Å². The van der Waals surface area contributed by atoms with Crippen LogP contribution in [0.25, 0.3) is 0 Å². The van der Waals surface area contributed by atoms with Gasteiger partial charge in [0.2, 0.25) is 0 Å². The second-order valence-corrected chi connectivity index (χ2v) is 11.0. The van der Waals surface area contributed by atoms with E-state index in [9.17, 15) is 13.2 Å². The maximum atomic E-state index is 13.0. The van der Waals surface area contributed by atoms with Gasteiger partial charge in [0.1, 0.15) is 5.75 Å². The predicted molar refractivity (Wildman–Crippen MR) is 145 cm³/mol. The molecule has 3 aromatic carbocycles. The van der Waals surface area contributed by atoms with Crippen molar-refractivity contribution >= 4 is 21.8 Å². The highest BCUT2D eigenvalue weighted by molar-refractivity contribution is 7.87. The average molecular weight is 523 g/mol. The lowest BCUT2D eigenvalue weighted by atomic mass is 9.68. The molecule has 0 bridgehead atoms. The zero-order valence-electron chi connectivity index (χ0n) is 20.9. The minimum Gasteiger partial charge on any atom is -0.496 e. The predicted octanol–water partition coefficient (Wildman–Crippen LogP) is 3.51. The Balaban J connectivity index is 1.40. The Labute approximate surface area is 218 Å². The molecule has 0 unspecified atom stereocenters. The van der Waals surface area contributed by atoms with Gasteiger partial charge in [-0.05, 0) is 61.1 Å². The van der Waals surface area contributed by atoms with Crippen LogP contribution in [0.1, 0.15) is 47.2 Å². The van der Waals surface area contributed by atoms with Crippen molar-refractivity contribution in [1.82, 2.24) is 14.8 Å². The summed E-state index contributed by atoms with van der Waals surface area (Å²) >= 11 is 0. The summed E-state index contributed by atoms with van der Waals surface area (Å²) in [7, 11) is -2.13. The van der Waals surface area contributed by atoms with Gasteiger partial charge in [-0.15, -0.1) is 0 Å². The summed E-state index contributed by atoms with van der Waals surface area (Å²) < 4.78 is 36.1. The number of carbonyl (C=O) groups is 1. The first-order valence-electron chi connectivity index (χ1n) is 12.4. The van der Waals surface area contributed by atoms with Crippen LogP contribution in [0.5, 0.6) is 5.75 Å². The largest absolute Gasteiger partial charge is 0.496 e. The third kappa shape index (κ3) is 6.88. The first-order valence-corrected chi connectivity index (χ1v) is 13.9. The molecule has 0 aromatic heterocycles. The fraction of sp³-hybridized carbons (Fsp3) is 0.321. The first kappa shape index (κ1) is 26.7. The van der Waals surface area contributed by atoms with Gasteiger partial charge in [-0.1, -0.05) is 54.6 Å². The quantitative estimate of drug-likeness (QED) is 0.304. The number of nitrogen functional groups attached to an aromatic ring is 1. The number of nitrogens with one attached hydrogen (secondary N) is 3. The zero-order valence-corrected chi connectivity index (χ0v) is 21.8. The van der Waals surface area contributed by atoms with Gasteiger partial charge < -0.3 is 15.8 Å². The molecule has 0 atom stereocenters. The van der Waals surface area contributed by atoms with E-state index in [2.05, 4.69) is 26.9 Å². The Morgan fingerprint density at radius 1 is 0.973 bits per heavy atom. The lowest BCUT2D eigenvalue weighted by Crippen LogP contribution is -2.49. The Hall–Kier alpha value is -3.40. The van der Waals surface area contributed by atoms with E-state index in [0.29, 0.717) is 36.4 Å². The lowest BCUT2D eigenvalue weighted by molar-refractivity contribution is 0.0932. The van der Waals surface area contributed by atoms with Crippen LogP contribution in [0.3, 0.4) is 0 Å². The van der Waals surface area contributed by atoms with Crippen LogP contribution >= 0.6 is 0 Å². The maximum Gasteiger partial charge on any atom is 0.277 e. The summed E-state index contributed by atoms with van der Waals surface area (Å²) in [5.74, 6) is 0.334. The molecule has 9 heteroatoms. The van der Waals surface area contributed by atoms with Crippen molar-refractivity contribution < 1.29 is 17.9 Å². The van der Waals surface area contributed by atoms with E-state index in [-0.39, 0.29) is 23.9 Å². The smallest absolute Gasteiger partial charge is 0.277 e. The van der Waals surface area contributed by atoms with E-state index in [4.69, 9.17) is 10.5 Å². The molecule has 4 rings (SSSR count). The summed E-state index contributed by atoms with van der Waals surface area (Å²) in [6.45, 7) is 0.633. The van der Waals surface area contributed by atoms with Gasteiger partial charge in [-0.3, -0.25) is 4.79 Å². The molecule has 0 heterocycles. The van der Waals surface area contributed by atoms with E-state index in [1.54, 1.807) is 43.5 Å². The molecule has 0 radical (unpaired) electrons. The van der Waals surface area contributed by atoms with Crippen LogP contribution in [-0.2, 0) is 22.2 Å². The zero-order chi connectivity index (χ0) is 26.3. The van der Waals surface area contributed by atoms with Gasteiger partial charge in [-0.2, -0.15) is 17.9 Å². The van der Waals surface area contributed by atoms with Crippen LogP contribution in [0.4, 0.5) is 5.69 Å². The van der Waals surface area contributed by atoms with Crippen molar-refractivity contribution in [1.29, 1.82) is 0 Å². The van der Waals surface area contributed by atoms with Crippen molar-refractivity contribution in [3.8, 4) is 5.75 Å². The van der Waals surface area contributed by atoms with Crippen LogP contribution < -0.4 is 25.2 Å². The van der Waals surface area contributed by atoms with Crippen molar-refractivity contribution in [2.75, 3.05) is 19.4 Å². The van der Waals surface area contributed by atoms with Gasteiger partial charge in [0.15, 0.2) is 0 Å². The highest BCUT2D eigenvalue weighted by atomic mass is 32.2. The third-order valence-electron chi connectivity index (χ3n) is 7.04. The van der Waals surface area contributed by atoms with E-state index in [0.717, 1.165) is 24.0 Å². The molecular formula is C28H34N4O4S. The van der Waals surface area contributed by atoms with Crippen molar-refractivity contribution in [2.24, 2.45) is 0 Å². The lowest BCUT2D eigenvalue weighted by Gasteiger charge is -2.41. The number of hydrogen-bond donors (Lipinski definition) is 4. The molecule has 8 nitrogen and oxygen atoms in total. The molecule has 1 amide bonds. The number of benzene rings is 3. The summed E-state index contributed by atoms with van der Waals surface area (Å²) in [5.41, 5.74) is 8.49. The van der Waals surface area contributed by atoms with Crippen molar-refractivity contribution in [3.05, 3.63) is 95.6 Å². The number of ether oxygens (including phenoxy) is 1. The molecule has 0 saturated heterocycles. The second kappa shape index (κ2) is 11.8. The molecule has 37 heavy (non-hydrogen) atoms. The number of carbonyl (C=O) groups excluding carboxylic acids is 1. The minimum atomic E-state index is -3.68. The van der Waals surface area contributed by atoms with Crippen LogP contribution in [0, 0.1) is 0 Å². The normalized spacial score (nSPS) is 19.8. The van der Waals surface area contributed by atoms with E-state index in [1.807, 2.05) is 30.3 Å². The molecule has 196 valence electrons. The third-order valence-corrected chi connectivity index (χ3v) is 8.20. The topological polar surface area (TPSA) is 123 Å². The number of hydrogen-bond acceptors (Lipinski definition) is 5. The monoisotopic (exact) mass is 522 g/mol. The average Bonchev–Trinajstić information content (AvgIpc) is 2.92. The van der Waals surface area contributed by atoms with Gasteiger partial charge in [0.05, 0.1) is 12.7 Å². The highest BCUT2D eigenvalue weighted by Crippen LogP contribution is 2.39. The molecule has 1 aliphatic rings. The number of nitrogens with two attached hydrogens (primary N) is 1. The molecule has 5 N–H and O–H groups in total. The molecule has 0 aliphatic heterocycles. The Morgan fingerprint density at radius 2 is 1.62 bits per heavy atom. The van der Waals surface area contributed by atoms with E-state index in [1.165, 1.54) is 0 Å². The summed E-state index contributed by atoms with van der Waals surface area (Å²) in [5, 5.41) is 3.11. The molecular weight excluding hydrogens is 488 g/mol. The van der Waals surface area contributed by atoms with Crippen LogP contribution in [0.15, 0.2) is 78.9 Å². The maximum absolute atomic E-state index is 13.0. The number of rotatable bonds is 10. The first-order chi connectivity index (χ1) is 17.8. The van der Waals surface area contributed by atoms with Crippen molar-refractivity contribution in [3.63, 3.8) is 0 Å². The number of para-hydroxylation sites is 1. The van der Waals surface area contributed by atoms with Gasteiger partial charge in [-0.25, -0.2) is 0 Å². The van der Waals surface area contributed by atoms with Crippen LogP contribution in [0.2, 0.25) is 0 Å². The summed E-state index contributed by atoms with van der Waals surface area (Å²) in [4.78, 5) is 13.0. The molecule has 1 aliphatic carbocycles. The van der Waals surface area contributed by atoms with Crippen LogP contribution in [-0.4, -0.2) is 34.0 Å².